The molecule has 4 aliphatic rings. The minimum absolute atomic E-state index is 0.00293. The molecule has 0 radical (unpaired) electrons. The van der Waals surface area contributed by atoms with Crippen LogP contribution in [0, 0.1) is 5.92 Å². The first-order valence-electron chi connectivity index (χ1n) is 20.9. The predicted octanol–water partition coefficient (Wildman–Crippen LogP) is 9.60. The Morgan fingerprint density at radius 2 is 1.57 bits per heavy atom. The summed E-state index contributed by atoms with van der Waals surface area (Å²) in [7, 11) is 1.67. The largest absolute Gasteiger partial charge is 0.508 e. The number of carbonyl (C=O) groups excluding carboxylic acids is 1. The Labute approximate surface area is 318 Å². The number of benzene rings is 3. The van der Waals surface area contributed by atoms with E-state index in [9.17, 15) is 9.90 Å². The fourth-order valence-corrected chi connectivity index (χ4v) is 10.7. The zero-order valence-corrected chi connectivity index (χ0v) is 32.2. The van der Waals surface area contributed by atoms with Crippen molar-refractivity contribution in [2.45, 2.75) is 133 Å². The van der Waals surface area contributed by atoms with Crippen LogP contribution in [0.5, 0.6) is 17.2 Å². The number of aromatic hydroxyl groups is 1. The summed E-state index contributed by atoms with van der Waals surface area (Å²) in [6.45, 7) is 6.65. The second kappa shape index (κ2) is 17.6. The van der Waals surface area contributed by atoms with Crippen LogP contribution in [0.3, 0.4) is 0 Å². The summed E-state index contributed by atoms with van der Waals surface area (Å²) in [5, 5.41) is 11.4. The Balaban J connectivity index is 1.02. The molecular formula is C47H62N2O4. The highest BCUT2D eigenvalue weighted by atomic mass is 16.5. The zero-order chi connectivity index (χ0) is 36.6. The molecule has 1 N–H and O–H groups in total. The molecule has 53 heavy (non-hydrogen) atoms. The van der Waals surface area contributed by atoms with Crippen molar-refractivity contribution < 1.29 is 19.4 Å². The van der Waals surface area contributed by atoms with Crippen molar-refractivity contribution in [3.8, 4) is 17.2 Å². The van der Waals surface area contributed by atoms with Crippen LogP contribution in [0.25, 0.3) is 0 Å². The van der Waals surface area contributed by atoms with Gasteiger partial charge in [0.2, 0.25) is 5.91 Å². The molecule has 1 amide bonds. The molecule has 0 aromatic heterocycles. The lowest BCUT2D eigenvalue weighted by atomic mass is 9.50. The van der Waals surface area contributed by atoms with Crippen molar-refractivity contribution in [3.05, 3.63) is 102 Å². The third-order valence-electron chi connectivity index (χ3n) is 13.2. The number of phenolic OH excluding ortho intramolecular Hbond substituents is 1. The van der Waals surface area contributed by atoms with Gasteiger partial charge in [-0.3, -0.25) is 9.69 Å². The van der Waals surface area contributed by atoms with E-state index in [0.717, 1.165) is 88.7 Å². The molecule has 2 aliphatic heterocycles. The normalized spacial score (nSPS) is 23.9. The molecule has 2 bridgehead atoms. The molecule has 6 heteroatoms. The third-order valence-corrected chi connectivity index (χ3v) is 13.2. The van der Waals surface area contributed by atoms with Gasteiger partial charge < -0.3 is 19.5 Å². The molecule has 3 aromatic carbocycles. The topological polar surface area (TPSA) is 62.2 Å². The van der Waals surface area contributed by atoms with Gasteiger partial charge in [-0.05, 0) is 87.8 Å². The Hall–Kier alpha value is -3.77. The Bertz CT molecular complexity index is 1660. The van der Waals surface area contributed by atoms with Crippen molar-refractivity contribution in [3.63, 3.8) is 0 Å². The summed E-state index contributed by atoms with van der Waals surface area (Å²) in [6, 6.07) is 23.6. The number of hydrogen-bond donors (Lipinski definition) is 1. The Morgan fingerprint density at radius 3 is 2.23 bits per heavy atom. The number of rotatable bonds is 20. The first-order chi connectivity index (χ1) is 26.0. The number of carbonyl (C=O) groups is 1. The van der Waals surface area contributed by atoms with E-state index in [4.69, 9.17) is 9.47 Å². The van der Waals surface area contributed by atoms with Crippen LogP contribution in [0.1, 0.15) is 112 Å². The molecule has 0 unspecified atom stereocenters. The maximum Gasteiger partial charge on any atom is 0.222 e. The monoisotopic (exact) mass is 718 g/mol. The van der Waals surface area contributed by atoms with Gasteiger partial charge in [-0.25, -0.2) is 0 Å². The third kappa shape index (κ3) is 7.90. The van der Waals surface area contributed by atoms with E-state index < -0.39 is 0 Å². The highest BCUT2D eigenvalue weighted by Gasteiger charge is 2.67. The summed E-state index contributed by atoms with van der Waals surface area (Å²) >= 11 is 0. The van der Waals surface area contributed by atoms with Crippen molar-refractivity contribution in [1.29, 1.82) is 0 Å². The molecule has 1 saturated carbocycles. The van der Waals surface area contributed by atoms with Crippen LogP contribution in [-0.4, -0.2) is 65.7 Å². The maximum absolute atomic E-state index is 14.4. The van der Waals surface area contributed by atoms with Gasteiger partial charge in [0, 0.05) is 48.2 Å². The summed E-state index contributed by atoms with van der Waals surface area (Å²) < 4.78 is 13.0. The minimum Gasteiger partial charge on any atom is -0.508 e. The van der Waals surface area contributed by atoms with Crippen LogP contribution in [-0.2, 0) is 29.5 Å². The standard InChI is InChI=1S/C47H62N2O4/c1-3-30-48-32-29-47-38-27-28-39(46(47)53-45-42(52-2)34-41(50)37(44(45)47)33-40(38)48)49(31-19-18-25-36-23-15-11-16-24-36)43(51)26-17-9-7-5-4-6-8-12-20-35-21-13-10-14-22-35/h3,10-11,13-16,21-24,34,38-40,46,50H,1,4-9,12,17-20,25-33H2,2H3/t38-,39-,40+,46-,47-/m0/s1. The predicted molar refractivity (Wildman–Crippen MR) is 214 cm³/mol. The van der Waals surface area contributed by atoms with E-state index in [-0.39, 0.29) is 23.5 Å². The average Bonchev–Trinajstić information content (AvgIpc) is 3.53. The molecule has 7 rings (SSSR count). The van der Waals surface area contributed by atoms with Crippen LogP contribution in [0.2, 0.25) is 0 Å². The number of amides is 1. The second-order valence-corrected chi connectivity index (χ2v) is 16.3. The summed E-state index contributed by atoms with van der Waals surface area (Å²) in [5.74, 6) is 2.44. The number of hydrogen-bond acceptors (Lipinski definition) is 5. The van der Waals surface area contributed by atoms with Gasteiger partial charge in [0.25, 0.3) is 0 Å². The van der Waals surface area contributed by atoms with Crippen LogP contribution >= 0.6 is 0 Å². The van der Waals surface area contributed by atoms with E-state index in [1.807, 2.05) is 6.08 Å². The number of ether oxygens (including phenoxy) is 2. The number of nitrogens with zero attached hydrogens (tertiary/aromatic N) is 2. The molecule has 2 fully saturated rings. The number of phenols is 1. The minimum atomic E-state index is -0.232. The van der Waals surface area contributed by atoms with Gasteiger partial charge >= 0.3 is 0 Å². The van der Waals surface area contributed by atoms with Gasteiger partial charge in [0.1, 0.15) is 11.9 Å². The first-order valence-corrected chi connectivity index (χ1v) is 20.9. The fraction of sp³-hybridized carbons (Fsp3) is 0.553. The number of piperidine rings is 1. The van der Waals surface area contributed by atoms with Crippen LogP contribution < -0.4 is 9.47 Å². The highest BCUT2D eigenvalue weighted by Crippen LogP contribution is 2.65. The molecule has 2 aliphatic carbocycles. The van der Waals surface area contributed by atoms with Crippen molar-refractivity contribution >= 4 is 5.91 Å². The molecule has 6 nitrogen and oxygen atoms in total. The Morgan fingerprint density at radius 1 is 0.925 bits per heavy atom. The van der Waals surface area contributed by atoms with Gasteiger partial charge in [-0.2, -0.15) is 0 Å². The van der Waals surface area contributed by atoms with Gasteiger partial charge in [-0.1, -0.05) is 105 Å². The summed E-state index contributed by atoms with van der Waals surface area (Å²) in [4.78, 5) is 19.3. The van der Waals surface area contributed by atoms with Crippen LogP contribution in [0.15, 0.2) is 79.4 Å². The number of unbranched alkanes of at least 4 members (excludes halogenated alkanes) is 8. The summed E-state index contributed by atoms with van der Waals surface area (Å²) in [6.07, 6.45) is 20.1. The smallest absolute Gasteiger partial charge is 0.222 e. The van der Waals surface area contributed by atoms with Gasteiger partial charge in [0.05, 0.1) is 13.2 Å². The number of methoxy groups -OCH3 is 1. The van der Waals surface area contributed by atoms with Crippen LogP contribution in [0.4, 0.5) is 0 Å². The van der Waals surface area contributed by atoms with E-state index in [1.54, 1.807) is 13.2 Å². The number of aryl methyl sites for hydroxylation is 2. The first kappa shape index (κ1) is 37.5. The number of likely N-dealkylation sites (tertiary alicyclic amines) is 1. The van der Waals surface area contributed by atoms with E-state index in [1.165, 1.54) is 61.6 Å². The second-order valence-electron chi connectivity index (χ2n) is 16.3. The molecule has 2 heterocycles. The molecule has 1 saturated heterocycles. The average molecular weight is 719 g/mol. The summed E-state index contributed by atoms with van der Waals surface area (Å²) in [5.41, 5.74) is 4.77. The Kier molecular flexibility index (Phi) is 12.5. The fourth-order valence-electron chi connectivity index (χ4n) is 10.7. The van der Waals surface area contributed by atoms with Crippen molar-refractivity contribution in [2.75, 3.05) is 26.7 Å². The van der Waals surface area contributed by atoms with E-state index in [0.29, 0.717) is 29.9 Å². The van der Waals surface area contributed by atoms with Gasteiger partial charge in [-0.15, -0.1) is 6.58 Å². The van der Waals surface area contributed by atoms with E-state index in [2.05, 4.69) is 77.0 Å². The van der Waals surface area contributed by atoms with E-state index >= 15 is 0 Å². The molecule has 3 aromatic rings. The molecule has 284 valence electrons. The highest BCUT2D eigenvalue weighted by molar-refractivity contribution is 5.77. The van der Waals surface area contributed by atoms with Crippen molar-refractivity contribution in [2.24, 2.45) is 5.92 Å². The quantitative estimate of drug-likeness (QED) is 0.0932. The lowest BCUT2D eigenvalue weighted by molar-refractivity contribution is -0.142. The zero-order valence-electron chi connectivity index (χ0n) is 32.2. The lowest BCUT2D eigenvalue weighted by Gasteiger charge is -2.60. The maximum atomic E-state index is 14.4. The lowest BCUT2D eigenvalue weighted by Crippen LogP contribution is -2.69. The molecular weight excluding hydrogens is 657 g/mol. The van der Waals surface area contributed by atoms with Crippen molar-refractivity contribution in [1.82, 2.24) is 9.80 Å². The molecule has 5 atom stereocenters. The molecule has 1 spiro atoms. The van der Waals surface area contributed by atoms with Gasteiger partial charge in [0.15, 0.2) is 11.5 Å². The SMILES string of the molecule is C=CCN1CC[C@]23c4c5c(O)cc(OC)c4O[C@H]2[C@@H](N(CCCCc2ccccc2)C(=O)CCCCCCCCCCc2ccccc2)CC[C@H]3[C@H]1C5.